The monoisotopic (exact) mass is 530 g/mol. The van der Waals surface area contributed by atoms with Gasteiger partial charge in [-0.25, -0.2) is 9.46 Å². The van der Waals surface area contributed by atoms with Gasteiger partial charge in [0, 0.05) is 38.6 Å². The van der Waals surface area contributed by atoms with Gasteiger partial charge in [-0.3, -0.25) is 14.3 Å². The van der Waals surface area contributed by atoms with E-state index in [1.54, 1.807) is 20.0 Å². The Balaban J connectivity index is 2.32. The number of H-pyrrole nitrogens is 1. The van der Waals surface area contributed by atoms with E-state index >= 15 is 0 Å². The van der Waals surface area contributed by atoms with Crippen molar-refractivity contribution in [1.29, 1.82) is 5.26 Å². The molecule has 4 atom stereocenters. The van der Waals surface area contributed by atoms with Crippen LogP contribution in [0.2, 0.25) is 0 Å². The van der Waals surface area contributed by atoms with E-state index in [1.165, 1.54) is 16.8 Å². The maximum absolute atomic E-state index is 12.3. The van der Waals surface area contributed by atoms with E-state index in [4.69, 9.17) is 28.1 Å². The van der Waals surface area contributed by atoms with Crippen molar-refractivity contribution in [2.24, 2.45) is 0 Å². The Bertz CT molecular complexity index is 950. The molecule has 35 heavy (non-hydrogen) atoms. The van der Waals surface area contributed by atoms with E-state index in [2.05, 4.69) is 43.4 Å². The van der Waals surface area contributed by atoms with Crippen LogP contribution in [0.25, 0.3) is 0 Å². The van der Waals surface area contributed by atoms with Crippen molar-refractivity contribution in [2.45, 2.75) is 77.5 Å². The molecule has 0 aliphatic carbocycles. The SMILES string of the molecule is COP(/C=C/C1OC(n2ccc(=O)[nH]c2=O)CCC1OP(OCCC#N)N(C(C)C)C(C)C)OC. The van der Waals surface area contributed by atoms with E-state index in [0.29, 0.717) is 12.8 Å². The van der Waals surface area contributed by atoms with Crippen molar-refractivity contribution in [3.8, 4) is 6.07 Å². The van der Waals surface area contributed by atoms with Crippen LogP contribution in [0.4, 0.5) is 0 Å². The van der Waals surface area contributed by atoms with E-state index in [9.17, 15) is 9.59 Å². The van der Waals surface area contributed by atoms with Gasteiger partial charge in [0.1, 0.15) is 12.3 Å². The fourth-order valence-corrected chi connectivity index (χ4v) is 6.17. The van der Waals surface area contributed by atoms with Crippen molar-refractivity contribution in [3.05, 3.63) is 45.0 Å². The zero-order valence-electron chi connectivity index (χ0n) is 21.1. The smallest absolute Gasteiger partial charge is 0.330 e. The van der Waals surface area contributed by atoms with Gasteiger partial charge in [0.15, 0.2) is 8.38 Å². The molecule has 0 spiro atoms. The van der Waals surface area contributed by atoms with Gasteiger partial charge < -0.3 is 22.8 Å². The fourth-order valence-electron chi connectivity index (χ4n) is 3.71. The van der Waals surface area contributed by atoms with Crippen LogP contribution in [0, 0.1) is 11.3 Å². The van der Waals surface area contributed by atoms with Gasteiger partial charge in [0.05, 0.1) is 25.2 Å². The second-order valence-electron chi connectivity index (χ2n) is 8.33. The molecule has 0 bridgehead atoms. The minimum atomic E-state index is -1.48. The summed E-state index contributed by atoms with van der Waals surface area (Å²) in [5.74, 6) is 1.79. The van der Waals surface area contributed by atoms with Gasteiger partial charge >= 0.3 is 5.69 Å². The number of nitrogens with one attached hydrogen (secondary N) is 1. The van der Waals surface area contributed by atoms with Gasteiger partial charge in [-0.05, 0) is 52.4 Å². The first-order valence-corrected chi connectivity index (χ1v) is 13.9. The summed E-state index contributed by atoms with van der Waals surface area (Å²) >= 11 is 0. The minimum Gasteiger partial charge on any atom is -0.348 e. The first-order valence-electron chi connectivity index (χ1n) is 11.5. The normalized spacial score (nSPS) is 21.9. The molecule has 2 heterocycles. The first-order chi connectivity index (χ1) is 16.7. The molecule has 0 saturated carbocycles. The molecule has 0 amide bonds. The van der Waals surface area contributed by atoms with Crippen LogP contribution >= 0.6 is 16.9 Å². The first kappa shape index (κ1) is 29.8. The van der Waals surface area contributed by atoms with E-state index in [0.717, 1.165) is 0 Å². The maximum Gasteiger partial charge on any atom is 0.330 e. The second-order valence-corrected chi connectivity index (χ2v) is 11.3. The third-order valence-electron chi connectivity index (χ3n) is 5.19. The molecule has 1 aliphatic heterocycles. The summed E-state index contributed by atoms with van der Waals surface area (Å²) in [4.78, 5) is 26.1. The van der Waals surface area contributed by atoms with Gasteiger partial charge in [-0.1, -0.05) is 0 Å². The highest BCUT2D eigenvalue weighted by molar-refractivity contribution is 7.50. The number of aromatic nitrogens is 2. The van der Waals surface area contributed by atoms with Gasteiger partial charge in [-0.2, -0.15) is 5.26 Å². The number of rotatable bonds is 13. The second kappa shape index (κ2) is 14.9. The summed E-state index contributed by atoms with van der Waals surface area (Å²) in [6, 6.07) is 3.71. The van der Waals surface area contributed by atoms with E-state index in [-0.39, 0.29) is 31.2 Å². The highest BCUT2D eigenvalue weighted by Gasteiger charge is 2.37. The lowest BCUT2D eigenvalue weighted by molar-refractivity contribution is -0.121. The highest BCUT2D eigenvalue weighted by atomic mass is 31.2. The predicted octanol–water partition coefficient (Wildman–Crippen LogP) is 3.99. The summed E-state index contributed by atoms with van der Waals surface area (Å²) < 4.78 is 33.0. The Morgan fingerprint density at radius 1 is 1.26 bits per heavy atom. The van der Waals surface area contributed by atoms with Gasteiger partial charge in [-0.15, -0.1) is 0 Å². The average Bonchev–Trinajstić information content (AvgIpc) is 2.80. The van der Waals surface area contributed by atoms with Crippen molar-refractivity contribution in [3.63, 3.8) is 0 Å². The molecule has 1 aliphatic rings. The molecule has 11 nitrogen and oxygen atoms in total. The maximum atomic E-state index is 12.3. The summed E-state index contributed by atoms with van der Waals surface area (Å²) in [7, 11) is 0.388. The number of ether oxygens (including phenoxy) is 1. The molecule has 4 unspecified atom stereocenters. The third kappa shape index (κ3) is 8.85. The number of nitrogens with zero attached hydrogens (tertiary/aromatic N) is 3. The molecule has 0 radical (unpaired) electrons. The highest BCUT2D eigenvalue weighted by Crippen LogP contribution is 2.49. The molecule has 1 saturated heterocycles. The predicted molar refractivity (Wildman–Crippen MR) is 135 cm³/mol. The topological polar surface area (TPSA) is 128 Å². The number of hydrogen-bond donors (Lipinski definition) is 1. The average molecular weight is 530 g/mol. The Kier molecular flexibility index (Phi) is 12.7. The van der Waals surface area contributed by atoms with Crippen LogP contribution in [0.3, 0.4) is 0 Å². The summed E-state index contributed by atoms with van der Waals surface area (Å²) in [6.45, 7) is 8.56. The molecule has 1 N–H and O–H groups in total. The molecule has 13 heteroatoms. The largest absolute Gasteiger partial charge is 0.348 e. The van der Waals surface area contributed by atoms with E-state index < -0.39 is 40.5 Å². The van der Waals surface area contributed by atoms with Crippen LogP contribution in [0.1, 0.15) is 53.2 Å². The lowest BCUT2D eigenvalue weighted by Gasteiger charge is -2.41. The van der Waals surface area contributed by atoms with Crippen molar-refractivity contribution >= 4 is 16.9 Å². The van der Waals surface area contributed by atoms with Crippen molar-refractivity contribution in [2.75, 3.05) is 20.8 Å². The lowest BCUT2D eigenvalue weighted by atomic mass is 10.0. The Labute approximate surface area is 208 Å². The molecule has 0 aromatic carbocycles. The molecule has 1 fully saturated rings. The quantitative estimate of drug-likeness (QED) is 0.297. The molecular weight excluding hydrogens is 494 g/mol. The minimum absolute atomic E-state index is 0.156. The molecular formula is C22H36N4O7P2. The van der Waals surface area contributed by atoms with Crippen LogP contribution < -0.4 is 11.2 Å². The summed E-state index contributed by atoms with van der Waals surface area (Å²) in [5, 5.41) is 8.97. The molecule has 2 rings (SSSR count). The van der Waals surface area contributed by atoms with Crippen LogP contribution in [-0.4, -0.2) is 59.3 Å². The van der Waals surface area contributed by atoms with Crippen molar-refractivity contribution < 1.29 is 22.8 Å². The van der Waals surface area contributed by atoms with E-state index in [1.807, 2.05) is 6.08 Å². The number of nitriles is 1. The zero-order chi connectivity index (χ0) is 26.0. The van der Waals surface area contributed by atoms with Crippen molar-refractivity contribution in [1.82, 2.24) is 14.2 Å². The Hall–Kier alpha value is -1.47. The van der Waals surface area contributed by atoms with Gasteiger partial charge in [0.25, 0.3) is 14.1 Å². The fraction of sp³-hybridized carbons (Fsp3) is 0.682. The molecule has 1 aromatic rings. The third-order valence-corrected chi connectivity index (χ3v) is 8.48. The van der Waals surface area contributed by atoms with Crippen LogP contribution in [0.15, 0.2) is 33.7 Å². The van der Waals surface area contributed by atoms with Gasteiger partial charge in [0.2, 0.25) is 0 Å². The number of hydrogen-bond acceptors (Lipinski definition) is 9. The summed E-state index contributed by atoms with van der Waals surface area (Å²) in [6.07, 6.45) is 3.10. The summed E-state index contributed by atoms with van der Waals surface area (Å²) in [5.41, 5.74) is -0.998. The molecule has 196 valence electrons. The van der Waals surface area contributed by atoms with Crippen LogP contribution in [-0.2, 0) is 22.8 Å². The van der Waals surface area contributed by atoms with Crippen LogP contribution in [0.5, 0.6) is 0 Å². The molecule has 1 aromatic heterocycles. The number of aromatic amines is 1. The Morgan fingerprint density at radius 2 is 1.94 bits per heavy atom. The Morgan fingerprint density at radius 3 is 2.51 bits per heavy atom. The zero-order valence-corrected chi connectivity index (χ0v) is 22.9. The standard InChI is InChI=1S/C22H36N4O7P2/c1-16(2)26(17(3)4)35(31-14-7-12-23)33-19-8-9-21(25-13-10-20(27)24-22(25)28)32-18(19)11-15-34(29-5)30-6/h10-11,13,15-19,21H,7-9,14H2,1-6H3,(H,24,27,28)/b15-11+. The lowest BCUT2D eigenvalue weighted by Crippen LogP contribution is -2.42.